The number of aromatic nitrogens is 1. The van der Waals surface area contributed by atoms with Gasteiger partial charge in [-0.2, -0.15) is 13.2 Å². The van der Waals surface area contributed by atoms with E-state index in [1.807, 2.05) is 0 Å². The second kappa shape index (κ2) is 8.85. The van der Waals surface area contributed by atoms with E-state index in [4.69, 9.17) is 11.6 Å². The lowest BCUT2D eigenvalue weighted by molar-refractivity contribution is -0.137. The van der Waals surface area contributed by atoms with Gasteiger partial charge in [-0.15, -0.1) is 0 Å². The second-order valence-corrected chi connectivity index (χ2v) is 8.16. The molecule has 2 heterocycles. The SMILES string of the molecule is O=C(Nc1ccc(C(=O)N2CCN(c3ncc(C(F)(F)F)cc3Cl)CC2)cc1)NC1CC1. The fourth-order valence-corrected chi connectivity index (χ4v) is 3.68. The average molecular weight is 468 g/mol. The van der Waals surface area contributed by atoms with Gasteiger partial charge in [-0.25, -0.2) is 9.78 Å². The molecule has 2 fully saturated rings. The largest absolute Gasteiger partial charge is 0.417 e. The number of carbonyl (C=O) groups is 2. The quantitative estimate of drug-likeness (QED) is 0.712. The Kier molecular flexibility index (Phi) is 6.14. The number of benzene rings is 1. The topological polar surface area (TPSA) is 77.6 Å². The summed E-state index contributed by atoms with van der Waals surface area (Å²) in [5, 5.41) is 5.48. The van der Waals surface area contributed by atoms with Gasteiger partial charge in [0.25, 0.3) is 5.91 Å². The summed E-state index contributed by atoms with van der Waals surface area (Å²) in [6.07, 6.45) is -1.75. The van der Waals surface area contributed by atoms with E-state index >= 15 is 0 Å². The molecule has 2 aliphatic rings. The van der Waals surface area contributed by atoms with Gasteiger partial charge in [-0.3, -0.25) is 4.79 Å². The summed E-state index contributed by atoms with van der Waals surface area (Å²) in [6.45, 7) is 1.54. The molecule has 7 nitrogen and oxygen atoms in total. The van der Waals surface area contributed by atoms with E-state index in [9.17, 15) is 22.8 Å². The normalized spacial score (nSPS) is 16.6. The Hall–Kier alpha value is -3.01. The van der Waals surface area contributed by atoms with Crippen LogP contribution in [-0.4, -0.2) is 54.0 Å². The number of hydrogen-bond acceptors (Lipinski definition) is 4. The van der Waals surface area contributed by atoms with Crippen molar-refractivity contribution in [3.05, 3.63) is 52.7 Å². The molecule has 32 heavy (non-hydrogen) atoms. The fraction of sp³-hybridized carbons (Fsp3) is 0.381. The maximum atomic E-state index is 12.8. The van der Waals surface area contributed by atoms with E-state index in [1.165, 1.54) is 0 Å². The van der Waals surface area contributed by atoms with Crippen molar-refractivity contribution in [2.45, 2.75) is 25.1 Å². The highest BCUT2D eigenvalue weighted by atomic mass is 35.5. The van der Waals surface area contributed by atoms with Crippen LogP contribution in [0.2, 0.25) is 5.02 Å². The summed E-state index contributed by atoms with van der Waals surface area (Å²) in [4.78, 5) is 31.9. The van der Waals surface area contributed by atoms with Gasteiger partial charge in [0.15, 0.2) is 0 Å². The highest BCUT2D eigenvalue weighted by Crippen LogP contribution is 2.33. The Morgan fingerprint density at radius 1 is 1.06 bits per heavy atom. The molecular weight excluding hydrogens is 447 g/mol. The molecule has 4 rings (SSSR count). The number of anilines is 2. The first-order valence-electron chi connectivity index (χ1n) is 10.2. The van der Waals surface area contributed by atoms with Gasteiger partial charge in [-0.05, 0) is 43.2 Å². The monoisotopic (exact) mass is 467 g/mol. The molecule has 11 heteroatoms. The lowest BCUT2D eigenvalue weighted by Gasteiger charge is -2.35. The molecule has 2 aromatic rings. The number of alkyl halides is 3. The zero-order valence-electron chi connectivity index (χ0n) is 17.0. The number of halogens is 4. The molecular formula is C21H21ClF3N5O2. The van der Waals surface area contributed by atoms with E-state index in [0.717, 1.165) is 25.1 Å². The Balaban J connectivity index is 1.33. The van der Waals surface area contributed by atoms with Crippen LogP contribution in [0.4, 0.5) is 29.5 Å². The number of piperazine rings is 1. The van der Waals surface area contributed by atoms with Crippen LogP contribution in [0, 0.1) is 0 Å². The van der Waals surface area contributed by atoms with Crippen LogP contribution in [0.15, 0.2) is 36.5 Å². The van der Waals surface area contributed by atoms with Gasteiger partial charge in [-0.1, -0.05) is 11.6 Å². The minimum Gasteiger partial charge on any atom is -0.352 e. The number of rotatable bonds is 4. The Morgan fingerprint density at radius 2 is 1.72 bits per heavy atom. The molecule has 1 aliphatic carbocycles. The van der Waals surface area contributed by atoms with Crippen molar-refractivity contribution in [1.29, 1.82) is 0 Å². The lowest BCUT2D eigenvalue weighted by atomic mass is 10.1. The van der Waals surface area contributed by atoms with Crippen molar-refractivity contribution in [2.75, 3.05) is 36.4 Å². The van der Waals surface area contributed by atoms with E-state index in [2.05, 4.69) is 15.6 Å². The van der Waals surface area contributed by atoms with Crippen LogP contribution in [0.5, 0.6) is 0 Å². The minimum atomic E-state index is -4.51. The van der Waals surface area contributed by atoms with Crippen molar-refractivity contribution in [2.24, 2.45) is 0 Å². The van der Waals surface area contributed by atoms with Gasteiger partial charge in [0, 0.05) is 49.7 Å². The number of nitrogens with zero attached hydrogens (tertiary/aromatic N) is 3. The first-order valence-corrected chi connectivity index (χ1v) is 10.5. The summed E-state index contributed by atoms with van der Waals surface area (Å²) in [5.41, 5.74) is 0.174. The van der Waals surface area contributed by atoms with E-state index < -0.39 is 11.7 Å². The summed E-state index contributed by atoms with van der Waals surface area (Å²) in [6, 6.07) is 7.48. The van der Waals surface area contributed by atoms with Gasteiger partial charge in [0.2, 0.25) is 0 Å². The predicted octanol–water partition coefficient (Wildman–Crippen LogP) is 4.00. The molecule has 1 aromatic carbocycles. The standard InChI is InChI=1S/C21H21ClF3N5O2/c22-17-11-14(21(23,24)25)12-26-18(17)29-7-9-30(10-8-29)19(31)13-1-3-15(4-2-13)27-20(32)28-16-5-6-16/h1-4,11-12,16H,5-10H2,(H2,27,28,32). The smallest absolute Gasteiger partial charge is 0.352 e. The second-order valence-electron chi connectivity index (χ2n) is 7.76. The van der Waals surface area contributed by atoms with E-state index in [-0.39, 0.29) is 28.8 Å². The molecule has 1 saturated heterocycles. The molecule has 1 saturated carbocycles. The first-order chi connectivity index (χ1) is 15.2. The third-order valence-corrected chi connectivity index (χ3v) is 5.60. The van der Waals surface area contributed by atoms with Crippen molar-refractivity contribution in [3.63, 3.8) is 0 Å². The first kappa shape index (κ1) is 22.2. The number of nitrogens with one attached hydrogen (secondary N) is 2. The number of hydrogen-bond donors (Lipinski definition) is 2. The zero-order valence-corrected chi connectivity index (χ0v) is 17.7. The number of carbonyl (C=O) groups excluding carboxylic acids is 2. The Labute approximate surface area is 187 Å². The molecule has 1 aromatic heterocycles. The molecule has 0 spiro atoms. The Bertz CT molecular complexity index is 1000. The van der Waals surface area contributed by atoms with Crippen LogP contribution in [0.25, 0.3) is 0 Å². The molecule has 0 radical (unpaired) electrons. The van der Waals surface area contributed by atoms with Gasteiger partial charge in [0.05, 0.1) is 10.6 Å². The predicted molar refractivity (Wildman–Crippen MR) is 114 cm³/mol. The summed E-state index contributed by atoms with van der Waals surface area (Å²) < 4.78 is 38.4. The average Bonchev–Trinajstić information content (AvgIpc) is 3.57. The molecule has 0 bridgehead atoms. The van der Waals surface area contributed by atoms with Crippen LogP contribution < -0.4 is 15.5 Å². The van der Waals surface area contributed by atoms with Crippen molar-refractivity contribution < 1.29 is 22.8 Å². The van der Waals surface area contributed by atoms with Crippen LogP contribution in [0.1, 0.15) is 28.8 Å². The van der Waals surface area contributed by atoms with Gasteiger partial charge in [0.1, 0.15) is 5.82 Å². The molecule has 0 atom stereocenters. The molecule has 0 unspecified atom stereocenters. The third-order valence-electron chi connectivity index (χ3n) is 5.32. The third kappa shape index (κ3) is 5.24. The van der Waals surface area contributed by atoms with Crippen molar-refractivity contribution in [3.8, 4) is 0 Å². The van der Waals surface area contributed by atoms with Crippen molar-refractivity contribution in [1.82, 2.24) is 15.2 Å². The summed E-state index contributed by atoms with van der Waals surface area (Å²) in [5.74, 6) is 0.108. The number of urea groups is 1. The lowest BCUT2D eigenvalue weighted by Crippen LogP contribution is -2.49. The van der Waals surface area contributed by atoms with Gasteiger partial charge < -0.3 is 20.4 Å². The molecule has 2 N–H and O–H groups in total. The van der Waals surface area contributed by atoms with Crippen LogP contribution in [0.3, 0.4) is 0 Å². The minimum absolute atomic E-state index is 0.0755. The maximum absolute atomic E-state index is 12.8. The molecule has 1 aliphatic heterocycles. The van der Waals surface area contributed by atoms with E-state index in [1.54, 1.807) is 34.1 Å². The zero-order chi connectivity index (χ0) is 22.9. The highest BCUT2D eigenvalue weighted by molar-refractivity contribution is 6.33. The maximum Gasteiger partial charge on any atom is 0.417 e. The highest BCUT2D eigenvalue weighted by Gasteiger charge is 2.32. The number of pyridine rings is 1. The van der Waals surface area contributed by atoms with E-state index in [0.29, 0.717) is 37.4 Å². The number of amides is 3. The molecule has 3 amide bonds. The van der Waals surface area contributed by atoms with Gasteiger partial charge >= 0.3 is 12.2 Å². The summed E-state index contributed by atoms with van der Waals surface area (Å²) >= 11 is 6.03. The molecule has 170 valence electrons. The fourth-order valence-electron chi connectivity index (χ4n) is 3.40. The van der Waals surface area contributed by atoms with Crippen LogP contribution >= 0.6 is 11.6 Å². The Morgan fingerprint density at radius 3 is 2.28 bits per heavy atom. The summed E-state index contributed by atoms with van der Waals surface area (Å²) in [7, 11) is 0. The van der Waals surface area contributed by atoms with Crippen LogP contribution in [-0.2, 0) is 6.18 Å². The van der Waals surface area contributed by atoms with Crippen molar-refractivity contribution >= 4 is 35.0 Å².